The maximum absolute atomic E-state index is 5.97. The van der Waals surface area contributed by atoms with E-state index in [1.54, 1.807) is 6.07 Å². The highest BCUT2D eigenvalue weighted by Gasteiger charge is 2.15. The number of hydrogen-bond donors (Lipinski definition) is 1. The molecule has 3 rings (SSSR count). The fraction of sp³-hybridized carbons (Fsp3) is 0.357. The van der Waals surface area contributed by atoms with Crippen molar-refractivity contribution in [3.8, 4) is 17.1 Å². The van der Waals surface area contributed by atoms with Gasteiger partial charge in [0.15, 0.2) is 11.6 Å². The van der Waals surface area contributed by atoms with Crippen LogP contribution in [0, 0.1) is 0 Å². The second-order valence-electron chi connectivity index (χ2n) is 4.57. The number of thioether (sulfide) groups is 1. The molecule has 0 aliphatic carbocycles. The van der Waals surface area contributed by atoms with Gasteiger partial charge in [-0.3, -0.25) is 0 Å². The number of nitrogen functional groups attached to an aromatic ring is 1. The summed E-state index contributed by atoms with van der Waals surface area (Å²) in [6, 6.07) is 9.58. The van der Waals surface area contributed by atoms with E-state index in [0.717, 1.165) is 24.2 Å². The molecule has 19 heavy (non-hydrogen) atoms. The monoisotopic (exact) mass is 276 g/mol. The van der Waals surface area contributed by atoms with E-state index in [1.165, 1.54) is 11.5 Å². The molecular formula is C14H16N2O2S. The van der Waals surface area contributed by atoms with Crippen molar-refractivity contribution in [2.45, 2.75) is 18.9 Å². The molecule has 0 radical (unpaired) electrons. The molecule has 5 heteroatoms. The highest BCUT2D eigenvalue weighted by molar-refractivity contribution is 7.99. The van der Waals surface area contributed by atoms with Gasteiger partial charge in [0.05, 0.1) is 0 Å². The Morgan fingerprint density at radius 1 is 1.21 bits per heavy atom. The van der Waals surface area contributed by atoms with Crippen molar-refractivity contribution in [2.24, 2.45) is 0 Å². The van der Waals surface area contributed by atoms with Crippen LogP contribution < -0.4 is 10.5 Å². The zero-order chi connectivity index (χ0) is 13.1. The molecule has 1 fully saturated rings. The third kappa shape index (κ3) is 3.04. The summed E-state index contributed by atoms with van der Waals surface area (Å²) in [4.78, 5) is 0. The topological polar surface area (TPSA) is 61.3 Å². The molecule has 100 valence electrons. The number of aromatic nitrogens is 1. The Bertz CT molecular complexity index is 533. The summed E-state index contributed by atoms with van der Waals surface area (Å²) < 4.78 is 11.1. The molecule has 0 bridgehead atoms. The van der Waals surface area contributed by atoms with Gasteiger partial charge in [-0.1, -0.05) is 5.16 Å². The van der Waals surface area contributed by atoms with Crippen LogP contribution >= 0.6 is 11.8 Å². The van der Waals surface area contributed by atoms with Gasteiger partial charge >= 0.3 is 0 Å². The highest BCUT2D eigenvalue weighted by atomic mass is 32.2. The van der Waals surface area contributed by atoms with Gasteiger partial charge in [0.1, 0.15) is 11.9 Å². The zero-order valence-corrected chi connectivity index (χ0v) is 11.4. The van der Waals surface area contributed by atoms with Crippen LogP contribution in [-0.4, -0.2) is 22.8 Å². The third-order valence-electron chi connectivity index (χ3n) is 3.14. The first-order valence-electron chi connectivity index (χ1n) is 6.38. The van der Waals surface area contributed by atoms with Crippen molar-refractivity contribution in [3.63, 3.8) is 0 Å². The number of anilines is 1. The molecule has 1 aromatic heterocycles. The van der Waals surface area contributed by atoms with Crippen molar-refractivity contribution < 1.29 is 9.26 Å². The maximum atomic E-state index is 5.97. The van der Waals surface area contributed by atoms with Gasteiger partial charge in [0.2, 0.25) is 0 Å². The molecular weight excluding hydrogens is 260 g/mol. The molecule has 2 aromatic rings. The Labute approximate surface area is 116 Å². The minimum absolute atomic E-state index is 0.355. The molecule has 0 unspecified atom stereocenters. The van der Waals surface area contributed by atoms with Crippen LogP contribution in [0.3, 0.4) is 0 Å². The van der Waals surface area contributed by atoms with Crippen molar-refractivity contribution >= 4 is 17.6 Å². The van der Waals surface area contributed by atoms with Gasteiger partial charge in [0.25, 0.3) is 0 Å². The quantitative estimate of drug-likeness (QED) is 0.932. The van der Waals surface area contributed by atoms with Gasteiger partial charge in [-0.15, -0.1) is 0 Å². The Hall–Kier alpha value is -1.62. The van der Waals surface area contributed by atoms with E-state index in [0.29, 0.717) is 17.7 Å². The first kappa shape index (κ1) is 12.4. The average molecular weight is 276 g/mol. The van der Waals surface area contributed by atoms with Crippen LogP contribution in [0.5, 0.6) is 5.75 Å². The molecule has 1 aliphatic heterocycles. The molecule has 0 atom stereocenters. The van der Waals surface area contributed by atoms with Gasteiger partial charge in [-0.2, -0.15) is 11.8 Å². The molecule has 4 nitrogen and oxygen atoms in total. The lowest BCUT2D eigenvalue weighted by Gasteiger charge is -2.22. The molecule has 0 amide bonds. The zero-order valence-electron chi connectivity index (χ0n) is 10.5. The lowest BCUT2D eigenvalue weighted by Crippen LogP contribution is -2.21. The number of benzene rings is 1. The fourth-order valence-electron chi connectivity index (χ4n) is 2.11. The first-order valence-corrected chi connectivity index (χ1v) is 7.54. The van der Waals surface area contributed by atoms with E-state index in [2.05, 4.69) is 5.16 Å². The van der Waals surface area contributed by atoms with Gasteiger partial charge < -0.3 is 15.0 Å². The molecule has 2 heterocycles. The minimum atomic E-state index is 0.355. The second kappa shape index (κ2) is 5.57. The van der Waals surface area contributed by atoms with Crippen LogP contribution in [0.25, 0.3) is 11.3 Å². The van der Waals surface area contributed by atoms with E-state index in [-0.39, 0.29) is 0 Å². The Morgan fingerprint density at radius 3 is 2.58 bits per heavy atom. The molecule has 1 aromatic carbocycles. The Balaban J connectivity index is 1.68. The SMILES string of the molecule is Nc1cc(-c2ccc(OC3CCSCC3)cc2)on1. The summed E-state index contributed by atoms with van der Waals surface area (Å²) in [5.41, 5.74) is 6.49. The smallest absolute Gasteiger partial charge is 0.169 e. The van der Waals surface area contributed by atoms with Crippen molar-refractivity contribution in [1.82, 2.24) is 5.16 Å². The first-order chi connectivity index (χ1) is 9.31. The van der Waals surface area contributed by atoms with Crippen molar-refractivity contribution in [1.29, 1.82) is 0 Å². The van der Waals surface area contributed by atoms with Crippen LogP contribution in [-0.2, 0) is 0 Å². The second-order valence-corrected chi connectivity index (χ2v) is 5.79. The third-order valence-corrected chi connectivity index (χ3v) is 4.19. The number of ether oxygens (including phenoxy) is 1. The van der Waals surface area contributed by atoms with E-state index in [4.69, 9.17) is 15.0 Å². The molecule has 1 aliphatic rings. The summed E-state index contributed by atoms with van der Waals surface area (Å²) in [5, 5.41) is 3.68. The summed E-state index contributed by atoms with van der Waals surface area (Å²) >= 11 is 2.00. The summed E-state index contributed by atoms with van der Waals surface area (Å²) in [7, 11) is 0. The molecule has 0 saturated carbocycles. The maximum Gasteiger partial charge on any atom is 0.169 e. The predicted octanol–water partition coefficient (Wildman–Crippen LogP) is 3.20. The average Bonchev–Trinajstić information content (AvgIpc) is 2.87. The van der Waals surface area contributed by atoms with Crippen molar-refractivity contribution in [3.05, 3.63) is 30.3 Å². The lowest BCUT2D eigenvalue weighted by molar-refractivity contribution is 0.192. The van der Waals surface area contributed by atoms with Crippen molar-refractivity contribution in [2.75, 3.05) is 17.2 Å². The predicted molar refractivity (Wildman–Crippen MR) is 77.3 cm³/mol. The van der Waals surface area contributed by atoms with Crippen LogP contribution in [0.4, 0.5) is 5.82 Å². The van der Waals surface area contributed by atoms with Gasteiger partial charge in [-0.25, -0.2) is 0 Å². The van der Waals surface area contributed by atoms with Crippen LogP contribution in [0.1, 0.15) is 12.8 Å². The minimum Gasteiger partial charge on any atom is -0.490 e. The van der Waals surface area contributed by atoms with Crippen LogP contribution in [0.2, 0.25) is 0 Å². The molecule has 2 N–H and O–H groups in total. The van der Waals surface area contributed by atoms with E-state index < -0.39 is 0 Å². The standard InChI is InChI=1S/C14H16N2O2S/c15-14-9-13(18-16-14)10-1-3-11(4-2-10)17-12-5-7-19-8-6-12/h1-4,9,12H,5-8H2,(H2,15,16). The van der Waals surface area contributed by atoms with E-state index >= 15 is 0 Å². The summed E-state index contributed by atoms with van der Waals surface area (Å²) in [6.07, 6.45) is 2.61. The number of nitrogens with two attached hydrogens (primary N) is 1. The number of hydrogen-bond acceptors (Lipinski definition) is 5. The molecule has 1 saturated heterocycles. The highest BCUT2D eigenvalue weighted by Crippen LogP contribution is 2.26. The van der Waals surface area contributed by atoms with Crippen LogP contribution in [0.15, 0.2) is 34.9 Å². The lowest BCUT2D eigenvalue weighted by atomic mass is 10.1. The number of nitrogens with zero attached hydrogens (tertiary/aromatic N) is 1. The number of rotatable bonds is 3. The summed E-state index contributed by atoms with van der Waals surface area (Å²) in [5.74, 6) is 4.38. The Morgan fingerprint density at radius 2 is 1.95 bits per heavy atom. The fourth-order valence-corrected chi connectivity index (χ4v) is 3.17. The van der Waals surface area contributed by atoms with E-state index in [1.807, 2.05) is 36.0 Å². The Kier molecular flexibility index (Phi) is 3.64. The largest absolute Gasteiger partial charge is 0.490 e. The van der Waals surface area contributed by atoms with E-state index in [9.17, 15) is 0 Å². The molecule has 0 spiro atoms. The van der Waals surface area contributed by atoms with Gasteiger partial charge in [0, 0.05) is 11.6 Å². The summed E-state index contributed by atoms with van der Waals surface area (Å²) in [6.45, 7) is 0. The normalized spacial score (nSPS) is 16.4. The van der Waals surface area contributed by atoms with Gasteiger partial charge in [-0.05, 0) is 48.6 Å².